The highest BCUT2D eigenvalue weighted by Crippen LogP contribution is 2.35. The molecule has 1 atom stereocenters. The Balaban J connectivity index is 1.36. The van der Waals surface area contributed by atoms with Gasteiger partial charge in [-0.2, -0.15) is 0 Å². The van der Waals surface area contributed by atoms with Gasteiger partial charge in [-0.3, -0.25) is 0 Å². The molecule has 0 saturated carbocycles. The molecular weight excluding hydrogens is 395 g/mol. The number of anilines is 1. The molecule has 0 bridgehead atoms. The Morgan fingerprint density at radius 3 is 2.65 bits per heavy atom. The summed E-state index contributed by atoms with van der Waals surface area (Å²) in [6.07, 6.45) is 5.38. The Morgan fingerprint density at radius 2 is 1.84 bits per heavy atom. The Morgan fingerprint density at radius 1 is 1.00 bits per heavy atom. The smallest absolute Gasteiger partial charge is 0.225 e. The highest BCUT2D eigenvalue weighted by atomic mass is 19.1. The maximum atomic E-state index is 13.8. The Hall–Kier alpha value is -3.39. The van der Waals surface area contributed by atoms with Crippen molar-refractivity contribution in [2.24, 2.45) is 0 Å². The predicted octanol–water partition coefficient (Wildman–Crippen LogP) is 3.40. The fourth-order valence-electron chi connectivity index (χ4n) is 4.49. The third-order valence-electron chi connectivity index (χ3n) is 6.02. The molecule has 1 aromatic carbocycles. The summed E-state index contributed by atoms with van der Waals surface area (Å²) in [5, 5.41) is 0. The van der Waals surface area contributed by atoms with Crippen molar-refractivity contribution in [3.05, 3.63) is 66.0 Å². The Kier molecular flexibility index (Phi) is 4.38. The third kappa shape index (κ3) is 3.23. The first kappa shape index (κ1) is 18.4. The van der Waals surface area contributed by atoms with Gasteiger partial charge in [0.1, 0.15) is 17.2 Å². The number of fused-ring (bicyclic) bond motifs is 3. The number of nitrogens with zero attached hydrogens (tertiary/aromatic N) is 6. The number of ether oxygens (including phenoxy) is 1. The molecule has 0 amide bonds. The van der Waals surface area contributed by atoms with Gasteiger partial charge in [-0.1, -0.05) is 12.1 Å². The van der Waals surface area contributed by atoms with Crippen molar-refractivity contribution in [3.8, 4) is 11.3 Å². The monoisotopic (exact) mass is 416 g/mol. The molecule has 1 fully saturated rings. The van der Waals surface area contributed by atoms with Gasteiger partial charge in [-0.15, -0.1) is 0 Å². The van der Waals surface area contributed by atoms with Crippen molar-refractivity contribution in [2.45, 2.75) is 18.9 Å². The summed E-state index contributed by atoms with van der Waals surface area (Å²) < 4.78 is 21.4. The molecule has 0 radical (unpaired) electrons. The van der Waals surface area contributed by atoms with E-state index in [1.54, 1.807) is 12.1 Å². The van der Waals surface area contributed by atoms with Gasteiger partial charge in [0.15, 0.2) is 5.65 Å². The number of hydrogen-bond donors (Lipinski definition) is 0. The average molecular weight is 416 g/mol. The number of imidazole rings is 1. The largest absolute Gasteiger partial charge is 0.378 e. The topological polar surface area (TPSA) is 69.0 Å². The molecule has 7 nitrogen and oxygen atoms in total. The Labute approximate surface area is 178 Å². The normalized spacial score (nSPS) is 18.5. The van der Waals surface area contributed by atoms with E-state index in [-0.39, 0.29) is 11.9 Å². The van der Waals surface area contributed by atoms with Crippen LogP contribution in [-0.4, -0.2) is 50.8 Å². The van der Waals surface area contributed by atoms with Crippen LogP contribution < -0.4 is 4.90 Å². The highest BCUT2D eigenvalue weighted by Gasteiger charge is 2.28. The highest BCUT2D eigenvalue weighted by molar-refractivity contribution is 5.76. The van der Waals surface area contributed by atoms with Crippen LogP contribution in [0, 0.1) is 5.82 Å². The lowest BCUT2D eigenvalue weighted by Gasteiger charge is -2.26. The molecule has 31 heavy (non-hydrogen) atoms. The van der Waals surface area contributed by atoms with Gasteiger partial charge in [-0.25, -0.2) is 24.3 Å². The number of hydrogen-bond acceptors (Lipinski definition) is 6. The first-order valence-corrected chi connectivity index (χ1v) is 10.5. The minimum atomic E-state index is -0.221. The number of aromatic nitrogens is 5. The van der Waals surface area contributed by atoms with E-state index in [0.29, 0.717) is 19.2 Å². The lowest BCUT2D eigenvalue weighted by molar-refractivity contribution is 0.122. The summed E-state index contributed by atoms with van der Waals surface area (Å²) in [4.78, 5) is 20.9. The second-order valence-electron chi connectivity index (χ2n) is 7.92. The van der Waals surface area contributed by atoms with Gasteiger partial charge in [-0.05, 0) is 36.2 Å². The minimum absolute atomic E-state index is 0.0402. The summed E-state index contributed by atoms with van der Waals surface area (Å²) in [6, 6.07) is 10.8. The van der Waals surface area contributed by atoms with Crippen LogP contribution in [0.25, 0.3) is 22.4 Å². The van der Waals surface area contributed by atoms with Crippen molar-refractivity contribution in [2.75, 3.05) is 31.2 Å². The van der Waals surface area contributed by atoms with Crippen molar-refractivity contribution in [1.82, 2.24) is 24.5 Å². The standard InChI is InChI=1S/C23H21FN6O/c24-17-3-1-2-15(12-17)20-6-7-21-27-19-5-4-18(28-22(19)30(20)21)16-13-25-23(26-14-16)29-8-10-31-11-9-29/h1-5,12-14,20H,6-11H2. The van der Waals surface area contributed by atoms with E-state index in [1.807, 2.05) is 30.6 Å². The van der Waals surface area contributed by atoms with Gasteiger partial charge in [0, 0.05) is 37.5 Å². The van der Waals surface area contributed by atoms with Crippen LogP contribution in [0.3, 0.4) is 0 Å². The molecular formula is C23H21FN6O. The summed E-state index contributed by atoms with van der Waals surface area (Å²) in [5.41, 5.74) is 4.27. The van der Waals surface area contributed by atoms with Gasteiger partial charge in [0.25, 0.3) is 0 Å². The molecule has 6 rings (SSSR count). The van der Waals surface area contributed by atoms with Gasteiger partial charge >= 0.3 is 0 Å². The molecule has 1 unspecified atom stereocenters. The van der Waals surface area contributed by atoms with Gasteiger partial charge in [0.2, 0.25) is 5.95 Å². The summed E-state index contributed by atoms with van der Waals surface area (Å²) in [6.45, 7) is 2.99. The third-order valence-corrected chi connectivity index (χ3v) is 6.02. The van der Waals surface area contributed by atoms with Crippen LogP contribution in [0.1, 0.15) is 23.9 Å². The molecule has 3 aromatic heterocycles. The molecule has 2 aliphatic heterocycles. The molecule has 0 spiro atoms. The number of benzene rings is 1. The van der Waals surface area contributed by atoms with Crippen LogP contribution in [-0.2, 0) is 11.2 Å². The van der Waals surface area contributed by atoms with E-state index in [4.69, 9.17) is 14.7 Å². The fourth-order valence-corrected chi connectivity index (χ4v) is 4.49. The van der Waals surface area contributed by atoms with E-state index in [2.05, 4.69) is 19.4 Å². The molecule has 156 valence electrons. The molecule has 0 N–H and O–H groups in total. The second kappa shape index (κ2) is 7.39. The zero-order valence-corrected chi connectivity index (χ0v) is 16.9. The van der Waals surface area contributed by atoms with Crippen molar-refractivity contribution in [1.29, 1.82) is 0 Å². The SMILES string of the molecule is Fc1cccc(C2CCc3nc4ccc(-c5cnc(N6CCOCC6)nc5)nc4n32)c1. The van der Waals surface area contributed by atoms with Crippen molar-refractivity contribution >= 4 is 17.1 Å². The summed E-state index contributed by atoms with van der Waals surface area (Å²) in [5.74, 6) is 1.49. The predicted molar refractivity (Wildman–Crippen MR) is 114 cm³/mol. The Bertz CT molecular complexity index is 1250. The van der Waals surface area contributed by atoms with E-state index in [1.165, 1.54) is 6.07 Å². The lowest BCUT2D eigenvalue weighted by Crippen LogP contribution is -2.37. The van der Waals surface area contributed by atoms with Crippen LogP contribution in [0.15, 0.2) is 48.8 Å². The molecule has 2 aliphatic rings. The number of morpholine rings is 1. The van der Waals surface area contributed by atoms with Crippen molar-refractivity contribution in [3.63, 3.8) is 0 Å². The zero-order chi connectivity index (χ0) is 20.8. The van der Waals surface area contributed by atoms with Crippen molar-refractivity contribution < 1.29 is 9.13 Å². The maximum Gasteiger partial charge on any atom is 0.225 e. The lowest BCUT2D eigenvalue weighted by atomic mass is 10.0. The number of rotatable bonds is 3. The molecule has 5 heterocycles. The van der Waals surface area contributed by atoms with Crippen LogP contribution in [0.4, 0.5) is 10.3 Å². The van der Waals surface area contributed by atoms with E-state index < -0.39 is 0 Å². The van der Waals surface area contributed by atoms with E-state index in [0.717, 1.165) is 59.7 Å². The minimum Gasteiger partial charge on any atom is -0.378 e. The second-order valence-corrected chi connectivity index (χ2v) is 7.92. The first-order valence-electron chi connectivity index (χ1n) is 10.5. The fraction of sp³-hybridized carbons (Fsp3) is 0.304. The number of aryl methyl sites for hydroxylation is 1. The van der Waals surface area contributed by atoms with E-state index >= 15 is 0 Å². The molecule has 8 heteroatoms. The number of pyridine rings is 1. The number of halogens is 1. The van der Waals surface area contributed by atoms with Crippen LogP contribution >= 0.6 is 0 Å². The van der Waals surface area contributed by atoms with Crippen LogP contribution in [0.2, 0.25) is 0 Å². The summed E-state index contributed by atoms with van der Waals surface area (Å²) >= 11 is 0. The zero-order valence-electron chi connectivity index (χ0n) is 16.9. The van der Waals surface area contributed by atoms with Gasteiger partial charge < -0.3 is 14.2 Å². The maximum absolute atomic E-state index is 13.8. The average Bonchev–Trinajstić information content (AvgIpc) is 3.39. The molecule has 1 saturated heterocycles. The first-order chi connectivity index (χ1) is 15.3. The summed E-state index contributed by atoms with van der Waals surface area (Å²) in [7, 11) is 0. The van der Waals surface area contributed by atoms with E-state index in [9.17, 15) is 4.39 Å². The quantitative estimate of drug-likeness (QED) is 0.510. The van der Waals surface area contributed by atoms with Crippen LogP contribution in [0.5, 0.6) is 0 Å². The molecule has 0 aliphatic carbocycles. The van der Waals surface area contributed by atoms with Gasteiger partial charge in [0.05, 0.1) is 24.9 Å². The molecule has 4 aromatic rings.